The summed E-state index contributed by atoms with van der Waals surface area (Å²) in [5.41, 5.74) is 2.20. The van der Waals surface area contributed by atoms with Crippen molar-refractivity contribution >= 4 is 11.9 Å². The normalized spacial score (nSPS) is 19.7. The van der Waals surface area contributed by atoms with Crippen molar-refractivity contribution in [2.24, 2.45) is 5.92 Å². The number of likely N-dealkylation sites (tertiary alicyclic amines) is 1. The molecule has 0 spiro atoms. The van der Waals surface area contributed by atoms with E-state index in [-0.39, 0.29) is 12.3 Å². The standard InChI is InChI=1S/C13H15NO3/c1-9-4-2-3-5-10(9)7-14-8-11(13(16)17)6-12(14)15/h2-5,11H,6-8H2,1H3,(H,16,17)/t11-/m0/s1. The molecular weight excluding hydrogens is 218 g/mol. The third kappa shape index (κ3) is 2.46. The Morgan fingerprint density at radius 2 is 2.18 bits per heavy atom. The maximum Gasteiger partial charge on any atom is 0.308 e. The van der Waals surface area contributed by atoms with Crippen LogP contribution in [0.4, 0.5) is 0 Å². The first-order chi connectivity index (χ1) is 8.08. The highest BCUT2D eigenvalue weighted by Gasteiger charge is 2.34. The van der Waals surface area contributed by atoms with Crippen LogP contribution in [0.2, 0.25) is 0 Å². The van der Waals surface area contributed by atoms with E-state index in [0.29, 0.717) is 13.1 Å². The average Bonchev–Trinajstić information content (AvgIpc) is 2.64. The molecule has 4 nitrogen and oxygen atoms in total. The van der Waals surface area contributed by atoms with Crippen molar-refractivity contribution in [3.63, 3.8) is 0 Å². The number of aryl methyl sites for hydroxylation is 1. The average molecular weight is 233 g/mol. The number of rotatable bonds is 3. The van der Waals surface area contributed by atoms with Crippen LogP contribution in [0.3, 0.4) is 0 Å². The Morgan fingerprint density at radius 1 is 1.47 bits per heavy atom. The fourth-order valence-corrected chi connectivity index (χ4v) is 2.08. The second kappa shape index (κ2) is 4.57. The molecule has 2 rings (SSSR count). The predicted molar refractivity (Wildman–Crippen MR) is 62.3 cm³/mol. The summed E-state index contributed by atoms with van der Waals surface area (Å²) in [5.74, 6) is -1.50. The SMILES string of the molecule is Cc1ccccc1CN1C[C@@H](C(=O)O)CC1=O. The maximum atomic E-state index is 11.7. The van der Waals surface area contributed by atoms with Gasteiger partial charge in [0, 0.05) is 19.5 Å². The van der Waals surface area contributed by atoms with Gasteiger partial charge in [-0.05, 0) is 18.1 Å². The monoisotopic (exact) mass is 233 g/mol. The van der Waals surface area contributed by atoms with Crippen molar-refractivity contribution in [2.45, 2.75) is 19.9 Å². The van der Waals surface area contributed by atoms with Gasteiger partial charge < -0.3 is 10.0 Å². The number of carboxylic acid groups (broad SMARTS) is 1. The number of hydrogen-bond acceptors (Lipinski definition) is 2. The van der Waals surface area contributed by atoms with E-state index >= 15 is 0 Å². The van der Waals surface area contributed by atoms with Crippen LogP contribution >= 0.6 is 0 Å². The van der Waals surface area contributed by atoms with Crippen molar-refractivity contribution in [1.29, 1.82) is 0 Å². The number of benzene rings is 1. The summed E-state index contributed by atoms with van der Waals surface area (Å²) in [5, 5.41) is 8.89. The molecule has 0 saturated carbocycles. The summed E-state index contributed by atoms with van der Waals surface area (Å²) in [6, 6.07) is 7.84. The summed E-state index contributed by atoms with van der Waals surface area (Å²) >= 11 is 0. The lowest BCUT2D eigenvalue weighted by atomic mass is 10.1. The first kappa shape index (κ1) is 11.6. The van der Waals surface area contributed by atoms with Crippen LogP contribution in [0.5, 0.6) is 0 Å². The zero-order chi connectivity index (χ0) is 12.4. The van der Waals surface area contributed by atoms with Gasteiger partial charge in [0.05, 0.1) is 5.92 Å². The Morgan fingerprint density at radius 3 is 2.76 bits per heavy atom. The van der Waals surface area contributed by atoms with Crippen LogP contribution < -0.4 is 0 Å². The van der Waals surface area contributed by atoms with Gasteiger partial charge in [-0.25, -0.2) is 0 Å². The molecule has 1 N–H and O–H groups in total. The molecule has 0 bridgehead atoms. The zero-order valence-corrected chi connectivity index (χ0v) is 9.72. The lowest BCUT2D eigenvalue weighted by Gasteiger charge is -2.17. The van der Waals surface area contributed by atoms with E-state index in [1.165, 1.54) is 0 Å². The van der Waals surface area contributed by atoms with Gasteiger partial charge in [-0.1, -0.05) is 24.3 Å². The molecule has 0 unspecified atom stereocenters. The lowest BCUT2D eigenvalue weighted by Crippen LogP contribution is -2.26. The van der Waals surface area contributed by atoms with Crippen molar-refractivity contribution in [1.82, 2.24) is 4.90 Å². The first-order valence-corrected chi connectivity index (χ1v) is 5.63. The van der Waals surface area contributed by atoms with E-state index in [1.54, 1.807) is 4.90 Å². The number of carbonyl (C=O) groups is 2. The van der Waals surface area contributed by atoms with E-state index in [2.05, 4.69) is 0 Å². The Balaban J connectivity index is 2.08. The molecule has 1 saturated heterocycles. The number of aliphatic carboxylic acids is 1. The summed E-state index contributed by atoms with van der Waals surface area (Å²) in [6.07, 6.45) is 0.126. The van der Waals surface area contributed by atoms with Crippen LogP contribution in [-0.4, -0.2) is 28.4 Å². The van der Waals surface area contributed by atoms with Crippen molar-refractivity contribution < 1.29 is 14.7 Å². The first-order valence-electron chi connectivity index (χ1n) is 5.63. The minimum Gasteiger partial charge on any atom is -0.481 e. The van der Waals surface area contributed by atoms with Gasteiger partial charge in [0.15, 0.2) is 0 Å². The highest BCUT2D eigenvalue weighted by atomic mass is 16.4. The Labute approximate surface area is 99.9 Å². The molecule has 1 aromatic carbocycles. The minimum absolute atomic E-state index is 0.0688. The van der Waals surface area contributed by atoms with Crippen LogP contribution in [0.1, 0.15) is 17.5 Å². The van der Waals surface area contributed by atoms with Gasteiger partial charge in [-0.2, -0.15) is 0 Å². The number of amides is 1. The number of carbonyl (C=O) groups excluding carboxylic acids is 1. The molecule has 1 aromatic rings. The highest BCUT2D eigenvalue weighted by Crippen LogP contribution is 2.21. The molecule has 17 heavy (non-hydrogen) atoms. The molecule has 1 heterocycles. The lowest BCUT2D eigenvalue weighted by molar-refractivity contribution is -0.141. The second-order valence-electron chi connectivity index (χ2n) is 4.44. The van der Waals surface area contributed by atoms with Gasteiger partial charge in [0.25, 0.3) is 0 Å². The molecule has 1 aliphatic rings. The molecule has 90 valence electrons. The minimum atomic E-state index is -0.884. The summed E-state index contributed by atoms with van der Waals surface area (Å²) in [7, 11) is 0. The quantitative estimate of drug-likeness (QED) is 0.859. The van der Waals surface area contributed by atoms with E-state index in [0.717, 1.165) is 11.1 Å². The Hall–Kier alpha value is -1.84. The van der Waals surface area contributed by atoms with Crippen LogP contribution in [0.15, 0.2) is 24.3 Å². The zero-order valence-electron chi connectivity index (χ0n) is 9.72. The smallest absolute Gasteiger partial charge is 0.308 e. The van der Waals surface area contributed by atoms with Gasteiger partial charge in [-0.3, -0.25) is 9.59 Å². The fraction of sp³-hybridized carbons (Fsp3) is 0.385. The van der Waals surface area contributed by atoms with E-state index in [4.69, 9.17) is 5.11 Å². The van der Waals surface area contributed by atoms with Crippen LogP contribution in [0, 0.1) is 12.8 Å². The molecule has 0 radical (unpaired) electrons. The Bertz CT molecular complexity index is 456. The fourth-order valence-electron chi connectivity index (χ4n) is 2.08. The molecule has 1 aliphatic heterocycles. The number of carboxylic acids is 1. The van der Waals surface area contributed by atoms with Gasteiger partial charge in [0.1, 0.15) is 0 Å². The van der Waals surface area contributed by atoms with E-state index in [9.17, 15) is 9.59 Å². The second-order valence-corrected chi connectivity index (χ2v) is 4.44. The predicted octanol–water partition coefficient (Wildman–Crippen LogP) is 1.43. The number of nitrogens with zero attached hydrogens (tertiary/aromatic N) is 1. The highest BCUT2D eigenvalue weighted by molar-refractivity contribution is 5.86. The van der Waals surface area contributed by atoms with Crippen LogP contribution in [-0.2, 0) is 16.1 Å². The van der Waals surface area contributed by atoms with Gasteiger partial charge in [-0.15, -0.1) is 0 Å². The van der Waals surface area contributed by atoms with E-state index in [1.807, 2.05) is 31.2 Å². The van der Waals surface area contributed by atoms with Crippen molar-refractivity contribution in [3.05, 3.63) is 35.4 Å². The number of hydrogen-bond donors (Lipinski definition) is 1. The maximum absolute atomic E-state index is 11.7. The van der Waals surface area contributed by atoms with Gasteiger partial charge in [0.2, 0.25) is 5.91 Å². The molecule has 1 fully saturated rings. The molecular formula is C13H15NO3. The molecule has 1 amide bonds. The van der Waals surface area contributed by atoms with Gasteiger partial charge >= 0.3 is 5.97 Å². The molecule has 1 atom stereocenters. The molecule has 0 aromatic heterocycles. The summed E-state index contributed by atoms with van der Waals surface area (Å²) in [4.78, 5) is 24.1. The van der Waals surface area contributed by atoms with Crippen LogP contribution in [0.25, 0.3) is 0 Å². The topological polar surface area (TPSA) is 57.6 Å². The third-order valence-corrected chi connectivity index (χ3v) is 3.19. The molecule has 0 aliphatic carbocycles. The Kier molecular flexibility index (Phi) is 3.13. The van der Waals surface area contributed by atoms with Crippen molar-refractivity contribution in [2.75, 3.05) is 6.54 Å². The third-order valence-electron chi connectivity index (χ3n) is 3.19. The summed E-state index contributed by atoms with van der Waals surface area (Å²) < 4.78 is 0. The van der Waals surface area contributed by atoms with Crippen molar-refractivity contribution in [3.8, 4) is 0 Å². The summed E-state index contributed by atoms with van der Waals surface area (Å²) in [6.45, 7) is 2.82. The van der Waals surface area contributed by atoms with E-state index < -0.39 is 11.9 Å². The molecule has 4 heteroatoms. The largest absolute Gasteiger partial charge is 0.481 e.